The summed E-state index contributed by atoms with van der Waals surface area (Å²) in [5.74, 6) is 0. The summed E-state index contributed by atoms with van der Waals surface area (Å²) >= 11 is 0. The summed E-state index contributed by atoms with van der Waals surface area (Å²) < 4.78 is 0. The molecule has 20 heavy (non-hydrogen) atoms. The molecule has 2 heteroatoms. The van der Waals surface area contributed by atoms with Crippen molar-refractivity contribution in [3.05, 3.63) is 35.9 Å². The zero-order valence-electron chi connectivity index (χ0n) is 13.9. The molecule has 1 unspecified atom stereocenters. The van der Waals surface area contributed by atoms with Crippen molar-refractivity contribution in [3.63, 3.8) is 0 Å². The highest BCUT2D eigenvalue weighted by Gasteiger charge is 2.24. The van der Waals surface area contributed by atoms with E-state index in [1.165, 1.54) is 12.0 Å². The molecule has 1 rings (SSSR count). The molecule has 0 saturated carbocycles. The van der Waals surface area contributed by atoms with E-state index in [-0.39, 0.29) is 11.6 Å². The van der Waals surface area contributed by atoms with Gasteiger partial charge in [-0.1, -0.05) is 51.1 Å². The van der Waals surface area contributed by atoms with Crippen LogP contribution in [0.25, 0.3) is 0 Å². The SMILES string of the molecule is CC(C)(C)CC(C)(C)NCCCC(N)c1ccccc1. The van der Waals surface area contributed by atoms with Gasteiger partial charge in [0.25, 0.3) is 0 Å². The predicted molar refractivity (Wildman–Crippen MR) is 88.8 cm³/mol. The lowest BCUT2D eigenvalue weighted by atomic mass is 9.82. The molecule has 1 atom stereocenters. The zero-order chi connectivity index (χ0) is 15.2. The van der Waals surface area contributed by atoms with Gasteiger partial charge in [-0.05, 0) is 50.6 Å². The molecule has 0 bridgehead atoms. The van der Waals surface area contributed by atoms with Crippen LogP contribution in [-0.4, -0.2) is 12.1 Å². The van der Waals surface area contributed by atoms with Crippen LogP contribution in [0.5, 0.6) is 0 Å². The molecule has 1 aromatic carbocycles. The molecule has 0 fully saturated rings. The Morgan fingerprint density at radius 3 is 2.20 bits per heavy atom. The van der Waals surface area contributed by atoms with E-state index in [2.05, 4.69) is 64.2 Å². The average Bonchev–Trinajstić information content (AvgIpc) is 2.32. The highest BCUT2D eigenvalue weighted by molar-refractivity contribution is 5.18. The Hall–Kier alpha value is -0.860. The molecule has 0 radical (unpaired) electrons. The van der Waals surface area contributed by atoms with Crippen LogP contribution in [0.15, 0.2) is 30.3 Å². The first-order valence-corrected chi connectivity index (χ1v) is 7.75. The lowest BCUT2D eigenvalue weighted by molar-refractivity contribution is 0.241. The largest absolute Gasteiger partial charge is 0.324 e. The number of hydrogen-bond donors (Lipinski definition) is 2. The monoisotopic (exact) mass is 276 g/mol. The third kappa shape index (κ3) is 7.06. The van der Waals surface area contributed by atoms with Crippen LogP contribution >= 0.6 is 0 Å². The van der Waals surface area contributed by atoms with Gasteiger partial charge in [0.15, 0.2) is 0 Å². The van der Waals surface area contributed by atoms with Crippen LogP contribution in [-0.2, 0) is 0 Å². The van der Waals surface area contributed by atoms with Crippen LogP contribution < -0.4 is 11.1 Å². The second-order valence-electron chi connectivity index (χ2n) is 7.71. The van der Waals surface area contributed by atoms with Gasteiger partial charge in [-0.2, -0.15) is 0 Å². The van der Waals surface area contributed by atoms with Crippen molar-refractivity contribution in [2.75, 3.05) is 6.54 Å². The summed E-state index contributed by atoms with van der Waals surface area (Å²) in [7, 11) is 0. The first-order valence-electron chi connectivity index (χ1n) is 7.75. The Kier molecular flexibility index (Phi) is 6.22. The maximum atomic E-state index is 6.22. The molecule has 0 amide bonds. The van der Waals surface area contributed by atoms with Crippen molar-refractivity contribution in [1.82, 2.24) is 5.32 Å². The Morgan fingerprint density at radius 1 is 1.05 bits per heavy atom. The van der Waals surface area contributed by atoms with E-state index in [1.54, 1.807) is 0 Å². The minimum atomic E-state index is 0.156. The van der Waals surface area contributed by atoms with Crippen molar-refractivity contribution in [1.29, 1.82) is 0 Å². The van der Waals surface area contributed by atoms with Crippen LogP contribution in [0.4, 0.5) is 0 Å². The van der Waals surface area contributed by atoms with E-state index >= 15 is 0 Å². The standard InChI is InChI=1S/C18H32N2/c1-17(2,3)14-18(4,5)20-13-9-12-16(19)15-10-7-6-8-11-15/h6-8,10-11,16,20H,9,12-14,19H2,1-5H3. The average molecular weight is 276 g/mol. The molecule has 0 spiro atoms. The summed E-state index contributed by atoms with van der Waals surface area (Å²) in [6, 6.07) is 10.5. The third-order valence-corrected chi connectivity index (χ3v) is 3.50. The van der Waals surface area contributed by atoms with Crippen LogP contribution in [0.2, 0.25) is 0 Å². The summed E-state index contributed by atoms with van der Waals surface area (Å²) in [5, 5.41) is 3.67. The molecule has 0 saturated heterocycles. The fourth-order valence-corrected chi connectivity index (χ4v) is 3.00. The first kappa shape index (κ1) is 17.2. The van der Waals surface area contributed by atoms with Crippen LogP contribution in [0, 0.1) is 5.41 Å². The molecule has 0 aliphatic heterocycles. The quantitative estimate of drug-likeness (QED) is 0.730. The molecule has 0 aliphatic carbocycles. The minimum absolute atomic E-state index is 0.156. The van der Waals surface area contributed by atoms with E-state index in [4.69, 9.17) is 5.73 Å². The Bertz CT molecular complexity index is 376. The highest BCUT2D eigenvalue weighted by atomic mass is 14.9. The lowest BCUT2D eigenvalue weighted by Gasteiger charge is -2.33. The van der Waals surface area contributed by atoms with Gasteiger partial charge in [0, 0.05) is 11.6 Å². The smallest absolute Gasteiger partial charge is 0.0295 e. The molecule has 2 nitrogen and oxygen atoms in total. The van der Waals surface area contributed by atoms with Crippen molar-refractivity contribution >= 4 is 0 Å². The Balaban J connectivity index is 2.28. The molecular weight excluding hydrogens is 244 g/mol. The minimum Gasteiger partial charge on any atom is -0.324 e. The van der Waals surface area contributed by atoms with E-state index in [1.807, 2.05) is 6.07 Å². The van der Waals surface area contributed by atoms with Gasteiger partial charge in [0.1, 0.15) is 0 Å². The van der Waals surface area contributed by atoms with E-state index < -0.39 is 0 Å². The number of benzene rings is 1. The van der Waals surface area contributed by atoms with Crippen LogP contribution in [0.1, 0.15) is 65.5 Å². The topological polar surface area (TPSA) is 38.0 Å². The fourth-order valence-electron chi connectivity index (χ4n) is 3.00. The molecule has 3 N–H and O–H groups in total. The maximum Gasteiger partial charge on any atom is 0.0295 e. The van der Waals surface area contributed by atoms with Crippen molar-refractivity contribution < 1.29 is 0 Å². The lowest BCUT2D eigenvalue weighted by Crippen LogP contribution is -2.42. The van der Waals surface area contributed by atoms with Crippen molar-refractivity contribution in [2.24, 2.45) is 11.1 Å². The number of nitrogens with one attached hydrogen (secondary N) is 1. The molecule has 114 valence electrons. The van der Waals surface area contributed by atoms with Crippen LogP contribution in [0.3, 0.4) is 0 Å². The number of nitrogens with two attached hydrogens (primary N) is 1. The van der Waals surface area contributed by atoms with Gasteiger partial charge < -0.3 is 11.1 Å². The second kappa shape index (κ2) is 7.24. The molecular formula is C18H32N2. The van der Waals surface area contributed by atoms with Gasteiger partial charge in [-0.25, -0.2) is 0 Å². The number of hydrogen-bond acceptors (Lipinski definition) is 2. The van der Waals surface area contributed by atoms with Gasteiger partial charge in [-0.3, -0.25) is 0 Å². The molecule has 0 heterocycles. The van der Waals surface area contributed by atoms with Gasteiger partial charge in [0.2, 0.25) is 0 Å². The van der Waals surface area contributed by atoms with Crippen molar-refractivity contribution in [2.45, 2.75) is 65.5 Å². The zero-order valence-corrected chi connectivity index (χ0v) is 13.9. The predicted octanol–water partition coefficient (Wildman–Crippen LogP) is 4.27. The normalized spacial score (nSPS) is 14.3. The summed E-state index contributed by atoms with van der Waals surface area (Å²) in [4.78, 5) is 0. The maximum absolute atomic E-state index is 6.22. The summed E-state index contributed by atoms with van der Waals surface area (Å²) in [6.07, 6.45) is 3.32. The van der Waals surface area contributed by atoms with E-state index in [0.29, 0.717) is 5.41 Å². The van der Waals surface area contributed by atoms with Gasteiger partial charge in [-0.15, -0.1) is 0 Å². The Morgan fingerprint density at radius 2 is 1.65 bits per heavy atom. The molecule has 0 aromatic heterocycles. The van der Waals surface area contributed by atoms with Crippen molar-refractivity contribution in [3.8, 4) is 0 Å². The number of rotatable bonds is 7. The fraction of sp³-hybridized carbons (Fsp3) is 0.667. The van der Waals surface area contributed by atoms with E-state index in [0.717, 1.165) is 19.4 Å². The van der Waals surface area contributed by atoms with Gasteiger partial charge in [0.05, 0.1) is 0 Å². The third-order valence-electron chi connectivity index (χ3n) is 3.50. The van der Waals surface area contributed by atoms with E-state index in [9.17, 15) is 0 Å². The summed E-state index contributed by atoms with van der Waals surface area (Å²) in [6.45, 7) is 12.5. The first-order chi connectivity index (χ1) is 9.20. The highest BCUT2D eigenvalue weighted by Crippen LogP contribution is 2.26. The molecule has 0 aliphatic rings. The van der Waals surface area contributed by atoms with Gasteiger partial charge >= 0.3 is 0 Å². The molecule has 1 aromatic rings. The summed E-state index contributed by atoms with van der Waals surface area (Å²) in [5.41, 5.74) is 8.00. The Labute approximate surface area is 125 Å². The second-order valence-corrected chi connectivity index (χ2v) is 7.71.